The monoisotopic (exact) mass is 435 g/mol. The second-order valence-corrected chi connectivity index (χ2v) is 9.20. The number of benzene rings is 1. The molecular formula is C26H33N3O3. The number of nitrogens with zero attached hydrogens (tertiary/aromatic N) is 2. The van der Waals surface area contributed by atoms with E-state index in [4.69, 9.17) is 0 Å². The molecule has 6 heteroatoms. The lowest BCUT2D eigenvalue weighted by Gasteiger charge is -2.30. The molecule has 1 aliphatic heterocycles. The molecule has 2 aromatic rings. The maximum Gasteiger partial charge on any atom is 0.263 e. The summed E-state index contributed by atoms with van der Waals surface area (Å²) in [5.74, 6) is 0.350. The predicted octanol–water partition coefficient (Wildman–Crippen LogP) is 3.30. The van der Waals surface area contributed by atoms with Crippen molar-refractivity contribution in [2.75, 3.05) is 6.54 Å². The first-order valence-electron chi connectivity index (χ1n) is 11.9. The third-order valence-corrected chi connectivity index (χ3v) is 6.70. The van der Waals surface area contributed by atoms with Crippen molar-refractivity contribution in [3.8, 4) is 0 Å². The summed E-state index contributed by atoms with van der Waals surface area (Å²) in [5, 5.41) is 3.04. The Kier molecular flexibility index (Phi) is 6.77. The van der Waals surface area contributed by atoms with Crippen molar-refractivity contribution < 1.29 is 9.59 Å². The van der Waals surface area contributed by atoms with E-state index >= 15 is 0 Å². The molecule has 1 aromatic heterocycles. The zero-order chi connectivity index (χ0) is 22.7. The van der Waals surface area contributed by atoms with Crippen molar-refractivity contribution in [2.45, 2.75) is 71.5 Å². The molecular weight excluding hydrogens is 402 g/mol. The van der Waals surface area contributed by atoms with Crippen LogP contribution < -0.4 is 10.9 Å². The summed E-state index contributed by atoms with van der Waals surface area (Å²) >= 11 is 0. The molecule has 1 aliphatic carbocycles. The van der Waals surface area contributed by atoms with Crippen LogP contribution in [0.15, 0.2) is 41.3 Å². The Bertz CT molecular complexity index is 1040. The summed E-state index contributed by atoms with van der Waals surface area (Å²) in [7, 11) is 0. The van der Waals surface area contributed by atoms with Gasteiger partial charge >= 0.3 is 0 Å². The van der Waals surface area contributed by atoms with Crippen LogP contribution in [0, 0.1) is 5.92 Å². The van der Waals surface area contributed by atoms with Crippen LogP contribution in [0.5, 0.6) is 0 Å². The lowest BCUT2D eigenvalue weighted by molar-refractivity contribution is -0.132. The van der Waals surface area contributed by atoms with Crippen molar-refractivity contribution in [1.82, 2.24) is 14.8 Å². The van der Waals surface area contributed by atoms with Gasteiger partial charge in [-0.3, -0.25) is 14.4 Å². The van der Waals surface area contributed by atoms with E-state index in [9.17, 15) is 14.4 Å². The van der Waals surface area contributed by atoms with Crippen LogP contribution in [0.25, 0.3) is 0 Å². The molecule has 1 fully saturated rings. The van der Waals surface area contributed by atoms with Gasteiger partial charge in [-0.15, -0.1) is 0 Å². The molecule has 32 heavy (non-hydrogen) atoms. The Labute approximate surface area is 189 Å². The molecule has 0 unspecified atom stereocenters. The lowest BCUT2D eigenvalue weighted by atomic mass is 9.95. The average molecular weight is 436 g/mol. The van der Waals surface area contributed by atoms with Gasteiger partial charge in [0.05, 0.1) is 0 Å². The minimum absolute atomic E-state index is 0.150. The van der Waals surface area contributed by atoms with Gasteiger partial charge in [0.15, 0.2) is 0 Å². The molecule has 0 saturated heterocycles. The van der Waals surface area contributed by atoms with Crippen LogP contribution in [0.2, 0.25) is 0 Å². The highest BCUT2D eigenvalue weighted by Crippen LogP contribution is 2.30. The molecule has 2 aliphatic rings. The normalized spacial score (nSPS) is 19.4. The van der Waals surface area contributed by atoms with Gasteiger partial charge < -0.3 is 14.8 Å². The summed E-state index contributed by atoms with van der Waals surface area (Å²) in [6, 6.07) is 10.2. The first kappa shape index (κ1) is 22.3. The van der Waals surface area contributed by atoms with Crippen LogP contribution in [-0.4, -0.2) is 33.9 Å². The quantitative estimate of drug-likeness (QED) is 0.692. The Balaban J connectivity index is 1.63. The molecule has 170 valence electrons. The third-order valence-electron chi connectivity index (χ3n) is 6.70. The van der Waals surface area contributed by atoms with Crippen LogP contribution in [0.1, 0.15) is 66.6 Å². The maximum absolute atomic E-state index is 13.4. The Hall–Kier alpha value is -2.89. The summed E-state index contributed by atoms with van der Waals surface area (Å²) in [6.45, 7) is 5.70. The van der Waals surface area contributed by atoms with E-state index in [0.717, 1.165) is 36.0 Å². The van der Waals surface area contributed by atoms with Gasteiger partial charge in [-0.2, -0.15) is 0 Å². The number of aryl methyl sites for hydroxylation is 2. The number of pyridine rings is 1. The first-order valence-corrected chi connectivity index (χ1v) is 11.9. The number of amides is 2. The number of carbonyl (C=O) groups excluding carboxylic acids is 2. The average Bonchev–Trinajstić information content (AvgIpc) is 3.50. The number of aromatic nitrogens is 1. The van der Waals surface area contributed by atoms with Crippen LogP contribution in [0.4, 0.5) is 0 Å². The zero-order valence-corrected chi connectivity index (χ0v) is 19.1. The molecule has 6 nitrogen and oxygen atoms in total. The van der Waals surface area contributed by atoms with E-state index in [1.54, 1.807) is 4.57 Å². The van der Waals surface area contributed by atoms with Gasteiger partial charge in [0.2, 0.25) is 5.91 Å². The number of hydrogen-bond donors (Lipinski definition) is 1. The molecule has 1 saturated carbocycles. The highest BCUT2D eigenvalue weighted by Gasteiger charge is 2.36. The molecule has 2 atom stereocenters. The minimum Gasteiger partial charge on any atom is -0.349 e. The summed E-state index contributed by atoms with van der Waals surface area (Å²) in [6.07, 6.45) is 6.50. The standard InChI is InChI=1S/C26H33N3O3/c1-3-4-10-23(30)28-14-12-21-20(16-28)17-29(13-11-19-8-6-5-7-9-19)26(32)24(21)25(31)27-22-15-18(22)2/h5-9,17-18,22H,3-4,10-16H2,1-2H3,(H,27,31)/t18-,22-/m1/s1. The van der Waals surface area contributed by atoms with Gasteiger partial charge in [0.25, 0.3) is 11.5 Å². The van der Waals surface area contributed by atoms with Gasteiger partial charge in [-0.05, 0) is 48.3 Å². The molecule has 0 bridgehead atoms. The third kappa shape index (κ3) is 4.95. The number of fused-ring (bicyclic) bond motifs is 1. The fraction of sp³-hybridized carbons (Fsp3) is 0.500. The van der Waals surface area contributed by atoms with Crippen molar-refractivity contribution in [1.29, 1.82) is 0 Å². The predicted molar refractivity (Wildman–Crippen MR) is 125 cm³/mol. The van der Waals surface area contributed by atoms with E-state index in [2.05, 4.69) is 19.2 Å². The minimum atomic E-state index is -0.263. The fourth-order valence-electron chi connectivity index (χ4n) is 4.47. The molecule has 4 rings (SSSR count). The largest absolute Gasteiger partial charge is 0.349 e. The van der Waals surface area contributed by atoms with Gasteiger partial charge in [-0.25, -0.2) is 0 Å². The second-order valence-electron chi connectivity index (χ2n) is 9.20. The number of rotatable bonds is 8. The first-order chi connectivity index (χ1) is 15.5. The van der Waals surface area contributed by atoms with Crippen LogP contribution in [0.3, 0.4) is 0 Å². The van der Waals surface area contributed by atoms with Crippen molar-refractivity contribution >= 4 is 11.8 Å². The fourth-order valence-corrected chi connectivity index (χ4v) is 4.47. The van der Waals surface area contributed by atoms with E-state index in [1.807, 2.05) is 41.4 Å². The Morgan fingerprint density at radius 1 is 1.19 bits per heavy atom. The number of carbonyl (C=O) groups is 2. The SMILES string of the molecule is CCCCC(=O)N1CCc2c(cn(CCc3ccccc3)c(=O)c2C(=O)N[C@@H]2C[C@H]2C)C1. The second kappa shape index (κ2) is 9.72. The summed E-state index contributed by atoms with van der Waals surface area (Å²) in [4.78, 5) is 41.0. The van der Waals surface area contributed by atoms with Crippen molar-refractivity contribution in [3.05, 3.63) is 69.1 Å². The zero-order valence-electron chi connectivity index (χ0n) is 19.1. The summed E-state index contributed by atoms with van der Waals surface area (Å²) < 4.78 is 1.66. The molecule has 2 amide bonds. The Morgan fingerprint density at radius 3 is 2.62 bits per heavy atom. The number of hydrogen-bond acceptors (Lipinski definition) is 3. The maximum atomic E-state index is 13.4. The van der Waals surface area contributed by atoms with Gasteiger partial charge in [0, 0.05) is 38.3 Å². The smallest absolute Gasteiger partial charge is 0.263 e. The highest BCUT2D eigenvalue weighted by atomic mass is 16.2. The number of nitrogens with one attached hydrogen (secondary N) is 1. The highest BCUT2D eigenvalue weighted by molar-refractivity contribution is 5.96. The van der Waals surface area contributed by atoms with Crippen LogP contribution >= 0.6 is 0 Å². The van der Waals surface area contributed by atoms with Crippen molar-refractivity contribution in [3.63, 3.8) is 0 Å². The molecule has 2 heterocycles. The molecule has 0 spiro atoms. The molecule has 1 aromatic carbocycles. The van der Waals surface area contributed by atoms with Gasteiger partial charge in [0.1, 0.15) is 5.56 Å². The van der Waals surface area contributed by atoms with Gasteiger partial charge in [-0.1, -0.05) is 50.6 Å². The summed E-state index contributed by atoms with van der Waals surface area (Å²) in [5.41, 5.74) is 2.93. The molecule has 1 N–H and O–H groups in total. The van der Waals surface area contributed by atoms with Crippen molar-refractivity contribution in [2.24, 2.45) is 5.92 Å². The van der Waals surface area contributed by atoms with E-state index in [-0.39, 0.29) is 29.0 Å². The van der Waals surface area contributed by atoms with Crippen LogP contribution in [-0.2, 0) is 30.7 Å². The molecule has 0 radical (unpaired) electrons. The topological polar surface area (TPSA) is 71.4 Å². The van der Waals surface area contributed by atoms with E-state index < -0.39 is 0 Å². The number of unbranched alkanes of at least 4 members (excludes halogenated alkanes) is 1. The van der Waals surface area contributed by atoms with E-state index in [0.29, 0.717) is 44.8 Å². The van der Waals surface area contributed by atoms with E-state index in [1.165, 1.54) is 0 Å². The lowest BCUT2D eigenvalue weighted by Crippen LogP contribution is -2.42. The Morgan fingerprint density at radius 2 is 1.94 bits per heavy atom.